The third kappa shape index (κ3) is 7.14. The van der Waals surface area contributed by atoms with E-state index in [1.54, 1.807) is 6.92 Å². The second kappa shape index (κ2) is 7.46. The van der Waals surface area contributed by atoms with E-state index in [0.717, 1.165) is 17.9 Å². The molecule has 21 heavy (non-hydrogen) atoms. The molecule has 0 spiro atoms. The van der Waals surface area contributed by atoms with Crippen LogP contribution in [0.5, 0.6) is 5.75 Å². The zero-order valence-corrected chi connectivity index (χ0v) is 14.0. The van der Waals surface area contributed by atoms with Gasteiger partial charge < -0.3 is 15.4 Å². The molecule has 0 bridgehead atoms. The minimum Gasteiger partial charge on any atom is -0.481 e. The van der Waals surface area contributed by atoms with Crippen molar-refractivity contribution < 1.29 is 9.53 Å². The van der Waals surface area contributed by atoms with E-state index in [0.29, 0.717) is 6.04 Å². The molecule has 0 fully saturated rings. The van der Waals surface area contributed by atoms with Gasteiger partial charge in [0.1, 0.15) is 5.75 Å². The van der Waals surface area contributed by atoms with Crippen LogP contribution in [-0.4, -0.2) is 23.6 Å². The number of ether oxygens (including phenoxy) is 1. The van der Waals surface area contributed by atoms with Crippen molar-refractivity contribution in [3.63, 3.8) is 0 Å². The van der Waals surface area contributed by atoms with E-state index in [1.165, 1.54) is 0 Å². The van der Waals surface area contributed by atoms with Crippen molar-refractivity contribution in [2.75, 3.05) is 0 Å². The van der Waals surface area contributed by atoms with E-state index in [1.807, 2.05) is 45.0 Å². The van der Waals surface area contributed by atoms with Crippen LogP contribution in [0.4, 0.5) is 0 Å². The molecule has 1 rings (SSSR count). The average molecular weight is 292 g/mol. The predicted molar refractivity (Wildman–Crippen MR) is 86.4 cm³/mol. The van der Waals surface area contributed by atoms with Crippen LogP contribution in [0.2, 0.25) is 0 Å². The first-order valence-electron chi connectivity index (χ1n) is 7.48. The molecule has 0 saturated carbocycles. The third-order valence-electron chi connectivity index (χ3n) is 2.79. The van der Waals surface area contributed by atoms with Gasteiger partial charge in [0.15, 0.2) is 6.10 Å². The van der Waals surface area contributed by atoms with Crippen LogP contribution in [0.3, 0.4) is 0 Å². The topological polar surface area (TPSA) is 50.4 Å². The summed E-state index contributed by atoms with van der Waals surface area (Å²) in [6.45, 7) is 12.6. The summed E-state index contributed by atoms with van der Waals surface area (Å²) in [7, 11) is 0. The van der Waals surface area contributed by atoms with Gasteiger partial charge >= 0.3 is 0 Å². The number of rotatable bonds is 6. The number of benzene rings is 1. The quantitative estimate of drug-likeness (QED) is 0.847. The molecule has 2 N–H and O–H groups in total. The summed E-state index contributed by atoms with van der Waals surface area (Å²) < 4.78 is 5.73. The maximum Gasteiger partial charge on any atom is 0.261 e. The summed E-state index contributed by atoms with van der Waals surface area (Å²) >= 11 is 0. The number of amides is 1. The Morgan fingerprint density at radius 1 is 1.24 bits per heavy atom. The van der Waals surface area contributed by atoms with Crippen molar-refractivity contribution in [1.29, 1.82) is 0 Å². The number of carbonyl (C=O) groups excluding carboxylic acids is 1. The zero-order chi connectivity index (χ0) is 16.0. The second-order valence-corrected chi connectivity index (χ2v) is 6.68. The highest BCUT2D eigenvalue weighted by atomic mass is 16.5. The molecule has 4 heteroatoms. The second-order valence-electron chi connectivity index (χ2n) is 6.68. The number of hydrogen-bond donors (Lipinski definition) is 2. The summed E-state index contributed by atoms with van der Waals surface area (Å²) in [6, 6.07) is 8.27. The maximum absolute atomic E-state index is 12.0. The Morgan fingerprint density at radius 3 is 2.48 bits per heavy atom. The Balaban J connectivity index is 2.61. The SMILES string of the molecule is CC(C)NCc1cccc(OC(C)C(=O)NC(C)(C)C)c1. The first kappa shape index (κ1) is 17.5. The van der Waals surface area contributed by atoms with E-state index in [4.69, 9.17) is 4.74 Å². The molecule has 1 atom stereocenters. The highest BCUT2D eigenvalue weighted by Gasteiger charge is 2.20. The van der Waals surface area contributed by atoms with Gasteiger partial charge in [-0.05, 0) is 45.4 Å². The molecule has 1 aromatic carbocycles. The lowest BCUT2D eigenvalue weighted by molar-refractivity contribution is -0.128. The Morgan fingerprint density at radius 2 is 1.90 bits per heavy atom. The lowest BCUT2D eigenvalue weighted by Gasteiger charge is -2.23. The van der Waals surface area contributed by atoms with Crippen LogP contribution in [0.1, 0.15) is 47.1 Å². The van der Waals surface area contributed by atoms with Crippen molar-refractivity contribution in [3.8, 4) is 5.75 Å². The van der Waals surface area contributed by atoms with Crippen LogP contribution < -0.4 is 15.4 Å². The maximum atomic E-state index is 12.0. The van der Waals surface area contributed by atoms with Crippen LogP contribution in [0, 0.1) is 0 Å². The van der Waals surface area contributed by atoms with Gasteiger partial charge in [0, 0.05) is 18.1 Å². The molecular formula is C17H28N2O2. The number of hydrogen-bond acceptors (Lipinski definition) is 3. The molecule has 0 aliphatic rings. The Labute approximate surface area is 128 Å². The summed E-state index contributed by atoms with van der Waals surface area (Å²) in [4.78, 5) is 12.0. The molecule has 0 aliphatic heterocycles. The minimum absolute atomic E-state index is 0.104. The first-order chi connectivity index (χ1) is 9.67. The van der Waals surface area contributed by atoms with Gasteiger partial charge in [-0.25, -0.2) is 0 Å². The lowest BCUT2D eigenvalue weighted by atomic mass is 10.1. The van der Waals surface area contributed by atoms with Crippen molar-refractivity contribution in [2.45, 2.75) is 65.8 Å². The monoisotopic (exact) mass is 292 g/mol. The molecule has 1 amide bonds. The summed E-state index contributed by atoms with van der Waals surface area (Å²) in [5.41, 5.74) is 0.891. The summed E-state index contributed by atoms with van der Waals surface area (Å²) in [5, 5.41) is 6.28. The van der Waals surface area contributed by atoms with E-state index in [9.17, 15) is 4.79 Å². The summed E-state index contributed by atoms with van der Waals surface area (Å²) in [6.07, 6.45) is -0.516. The van der Waals surface area contributed by atoms with Crippen LogP contribution >= 0.6 is 0 Å². The van der Waals surface area contributed by atoms with E-state index >= 15 is 0 Å². The predicted octanol–water partition coefficient (Wildman–Crippen LogP) is 2.87. The van der Waals surface area contributed by atoms with Gasteiger partial charge in [-0.2, -0.15) is 0 Å². The molecule has 0 aliphatic carbocycles. The molecular weight excluding hydrogens is 264 g/mol. The van der Waals surface area contributed by atoms with Gasteiger partial charge in [0.25, 0.3) is 5.91 Å². The first-order valence-corrected chi connectivity index (χ1v) is 7.48. The largest absolute Gasteiger partial charge is 0.481 e. The van der Waals surface area contributed by atoms with Crippen molar-refractivity contribution in [3.05, 3.63) is 29.8 Å². The molecule has 4 nitrogen and oxygen atoms in total. The Hall–Kier alpha value is -1.55. The fraction of sp³-hybridized carbons (Fsp3) is 0.588. The summed E-state index contributed by atoms with van der Waals surface area (Å²) in [5.74, 6) is 0.614. The van der Waals surface area contributed by atoms with Gasteiger partial charge in [0.05, 0.1) is 0 Å². The lowest BCUT2D eigenvalue weighted by Crippen LogP contribution is -2.46. The molecule has 0 saturated heterocycles. The zero-order valence-electron chi connectivity index (χ0n) is 14.0. The number of carbonyl (C=O) groups is 1. The van der Waals surface area contributed by atoms with Crippen LogP contribution in [-0.2, 0) is 11.3 Å². The molecule has 1 aromatic rings. The fourth-order valence-electron chi connectivity index (χ4n) is 1.78. The third-order valence-corrected chi connectivity index (χ3v) is 2.79. The Kier molecular flexibility index (Phi) is 6.21. The van der Waals surface area contributed by atoms with Crippen molar-refractivity contribution >= 4 is 5.91 Å². The van der Waals surface area contributed by atoms with Crippen LogP contribution in [0.25, 0.3) is 0 Å². The highest BCUT2D eigenvalue weighted by Crippen LogP contribution is 2.15. The molecule has 0 radical (unpaired) electrons. The fourth-order valence-corrected chi connectivity index (χ4v) is 1.78. The van der Waals surface area contributed by atoms with Crippen molar-refractivity contribution in [1.82, 2.24) is 10.6 Å². The van der Waals surface area contributed by atoms with E-state index in [-0.39, 0.29) is 11.4 Å². The average Bonchev–Trinajstić information content (AvgIpc) is 2.34. The van der Waals surface area contributed by atoms with E-state index < -0.39 is 6.10 Å². The van der Waals surface area contributed by atoms with Gasteiger partial charge in [-0.3, -0.25) is 4.79 Å². The van der Waals surface area contributed by atoms with Gasteiger partial charge in [-0.15, -0.1) is 0 Å². The van der Waals surface area contributed by atoms with Crippen LogP contribution in [0.15, 0.2) is 24.3 Å². The molecule has 0 aromatic heterocycles. The molecule has 1 unspecified atom stereocenters. The highest BCUT2D eigenvalue weighted by molar-refractivity contribution is 5.81. The van der Waals surface area contributed by atoms with Crippen molar-refractivity contribution in [2.24, 2.45) is 0 Å². The standard InChI is InChI=1S/C17H28N2O2/c1-12(2)18-11-14-8-7-9-15(10-14)21-13(3)16(20)19-17(4,5)6/h7-10,12-13,18H,11H2,1-6H3,(H,19,20). The van der Waals surface area contributed by atoms with Gasteiger partial charge in [0.2, 0.25) is 0 Å². The smallest absolute Gasteiger partial charge is 0.261 e. The Bertz CT molecular complexity index is 464. The number of nitrogens with one attached hydrogen (secondary N) is 2. The molecule has 118 valence electrons. The normalized spacial score (nSPS) is 13.1. The minimum atomic E-state index is -0.516. The molecule has 0 heterocycles. The van der Waals surface area contributed by atoms with Gasteiger partial charge in [-0.1, -0.05) is 26.0 Å². The van der Waals surface area contributed by atoms with E-state index in [2.05, 4.69) is 24.5 Å².